The average Bonchev–Trinajstić information content (AvgIpc) is 3.41. The molecule has 3 heterocycles. The van der Waals surface area contributed by atoms with Crippen molar-refractivity contribution in [1.82, 2.24) is 14.7 Å². The summed E-state index contributed by atoms with van der Waals surface area (Å²) >= 11 is 7.79. The predicted octanol–water partition coefficient (Wildman–Crippen LogP) is 6.65. The lowest BCUT2D eigenvalue weighted by molar-refractivity contribution is -0.132. The summed E-state index contributed by atoms with van der Waals surface area (Å²) in [6.45, 7) is 3.48. The molecule has 2 amide bonds. The summed E-state index contributed by atoms with van der Waals surface area (Å²) in [6, 6.07) is 20.6. The van der Waals surface area contributed by atoms with E-state index in [9.17, 15) is 9.59 Å². The van der Waals surface area contributed by atoms with Gasteiger partial charge in [0, 0.05) is 34.8 Å². The Kier molecular flexibility index (Phi) is 9.47. The van der Waals surface area contributed by atoms with Gasteiger partial charge in [0.25, 0.3) is 0 Å². The number of thioether (sulfide) groups is 1. The Labute approximate surface area is 278 Å². The number of aromatic nitrogens is 2. The lowest BCUT2D eigenvalue weighted by atomic mass is 9.98. The predicted molar refractivity (Wildman–Crippen MR) is 182 cm³/mol. The van der Waals surface area contributed by atoms with E-state index in [1.54, 1.807) is 30.9 Å². The lowest BCUT2D eigenvalue weighted by Crippen LogP contribution is -2.46. The number of carbonyl (C=O) groups excluding carboxylic acids is 2. The Morgan fingerprint density at radius 2 is 1.61 bits per heavy atom. The van der Waals surface area contributed by atoms with Crippen molar-refractivity contribution < 1.29 is 23.8 Å². The first-order valence-electron chi connectivity index (χ1n) is 15.3. The monoisotopic (exact) mass is 660 g/mol. The standard InChI is InChI=1S/C35H37ClN4O5S/c1-22-15-17-38(18-16-22)30(41)20-39-31(42)21-46-34(28-19-27(44-3)13-14-29(28)45-4)32-33(23-5-7-24(36)8-6-23)37-40(35(32)39)25-9-11-26(43-2)12-10-25/h5-14,19,22,34H,15-18,20-21H2,1-4H3/t34-/m0/s1. The van der Waals surface area contributed by atoms with Crippen LogP contribution in [0.25, 0.3) is 16.9 Å². The number of halogens is 1. The Bertz CT molecular complexity index is 1720. The number of likely N-dealkylation sites (tertiary alicyclic amines) is 1. The molecule has 240 valence electrons. The second-order valence-corrected chi connectivity index (χ2v) is 13.1. The van der Waals surface area contributed by atoms with Gasteiger partial charge in [-0.3, -0.25) is 14.5 Å². The molecular formula is C35H37ClN4O5S. The molecule has 0 bridgehead atoms. The van der Waals surface area contributed by atoms with Crippen molar-refractivity contribution >= 4 is 41.0 Å². The van der Waals surface area contributed by atoms with Crippen LogP contribution in [0.2, 0.25) is 5.02 Å². The molecule has 1 atom stereocenters. The van der Waals surface area contributed by atoms with E-state index in [-0.39, 0.29) is 24.1 Å². The van der Waals surface area contributed by atoms with E-state index in [0.717, 1.165) is 35.2 Å². The van der Waals surface area contributed by atoms with Gasteiger partial charge < -0.3 is 19.1 Å². The molecule has 0 saturated carbocycles. The average molecular weight is 661 g/mol. The van der Waals surface area contributed by atoms with Crippen molar-refractivity contribution in [2.24, 2.45) is 5.92 Å². The van der Waals surface area contributed by atoms with Gasteiger partial charge in [-0.05, 0) is 73.4 Å². The summed E-state index contributed by atoms with van der Waals surface area (Å²) in [4.78, 5) is 31.5. The normalized spacial score (nSPS) is 17.0. The SMILES string of the molecule is COc1ccc(-n2nc(-c3ccc(Cl)cc3)c3c2N(CC(=O)N2CCC(C)CC2)C(=O)CS[C@H]3c2cc(OC)ccc2OC)cc1. The third kappa shape index (κ3) is 6.28. The highest BCUT2D eigenvalue weighted by atomic mass is 35.5. The summed E-state index contributed by atoms with van der Waals surface area (Å²) in [7, 11) is 4.87. The maximum absolute atomic E-state index is 14.2. The van der Waals surface area contributed by atoms with Crippen molar-refractivity contribution in [2.45, 2.75) is 25.0 Å². The molecule has 0 N–H and O–H groups in total. The van der Waals surface area contributed by atoms with Crippen LogP contribution in [0.1, 0.15) is 36.1 Å². The fraction of sp³-hybridized carbons (Fsp3) is 0.343. The number of anilines is 1. The van der Waals surface area contributed by atoms with Crippen LogP contribution in [0.3, 0.4) is 0 Å². The van der Waals surface area contributed by atoms with E-state index < -0.39 is 5.25 Å². The number of hydrogen-bond acceptors (Lipinski definition) is 7. The second-order valence-electron chi connectivity index (χ2n) is 11.5. The van der Waals surface area contributed by atoms with Crippen molar-refractivity contribution in [3.05, 3.63) is 82.9 Å². The van der Waals surface area contributed by atoms with Gasteiger partial charge in [-0.15, -0.1) is 11.8 Å². The molecule has 2 aliphatic heterocycles. The Balaban J connectivity index is 1.60. The highest BCUT2D eigenvalue weighted by Gasteiger charge is 2.39. The molecule has 2 aliphatic rings. The van der Waals surface area contributed by atoms with Crippen LogP contribution >= 0.6 is 23.4 Å². The van der Waals surface area contributed by atoms with Crippen LogP contribution in [0.4, 0.5) is 5.82 Å². The third-order valence-electron chi connectivity index (χ3n) is 8.67. The number of carbonyl (C=O) groups is 2. The van der Waals surface area contributed by atoms with Gasteiger partial charge in [0.05, 0.1) is 43.7 Å². The van der Waals surface area contributed by atoms with E-state index >= 15 is 0 Å². The molecule has 1 saturated heterocycles. The molecule has 0 spiro atoms. The minimum absolute atomic E-state index is 0.0795. The number of amides is 2. The van der Waals surface area contributed by atoms with Gasteiger partial charge in [-0.1, -0.05) is 30.7 Å². The molecule has 9 nitrogen and oxygen atoms in total. The quantitative estimate of drug-likeness (QED) is 0.209. The molecule has 46 heavy (non-hydrogen) atoms. The Morgan fingerprint density at radius 3 is 2.26 bits per heavy atom. The highest BCUT2D eigenvalue weighted by Crippen LogP contribution is 2.51. The summed E-state index contributed by atoms with van der Waals surface area (Å²) in [6.07, 6.45) is 1.89. The number of hydrogen-bond donors (Lipinski definition) is 0. The number of ether oxygens (including phenoxy) is 3. The van der Waals surface area contributed by atoms with Crippen molar-refractivity contribution in [2.75, 3.05) is 51.6 Å². The molecule has 11 heteroatoms. The van der Waals surface area contributed by atoms with Crippen molar-refractivity contribution in [3.8, 4) is 34.2 Å². The van der Waals surface area contributed by atoms with Crippen LogP contribution < -0.4 is 19.1 Å². The molecule has 0 radical (unpaired) electrons. The molecule has 0 aliphatic carbocycles. The smallest absolute Gasteiger partial charge is 0.242 e. The van der Waals surface area contributed by atoms with Crippen LogP contribution in [0.15, 0.2) is 66.7 Å². The highest BCUT2D eigenvalue weighted by molar-refractivity contribution is 8.00. The van der Waals surface area contributed by atoms with Gasteiger partial charge in [-0.25, -0.2) is 4.68 Å². The largest absolute Gasteiger partial charge is 0.497 e. The van der Waals surface area contributed by atoms with Gasteiger partial charge in [-0.2, -0.15) is 5.10 Å². The first kappa shape index (κ1) is 31.8. The molecule has 1 aromatic heterocycles. The lowest BCUT2D eigenvalue weighted by Gasteiger charge is -2.32. The summed E-state index contributed by atoms with van der Waals surface area (Å²) in [5.74, 6) is 3.01. The summed E-state index contributed by atoms with van der Waals surface area (Å²) < 4.78 is 18.7. The van der Waals surface area contributed by atoms with E-state index in [1.165, 1.54) is 11.8 Å². The fourth-order valence-corrected chi connectivity index (χ4v) is 7.37. The summed E-state index contributed by atoms with van der Waals surface area (Å²) in [5.41, 5.74) is 3.84. The molecule has 0 unspecified atom stereocenters. The minimum atomic E-state index is -0.391. The first-order valence-corrected chi connectivity index (χ1v) is 16.7. The molecule has 1 fully saturated rings. The zero-order chi connectivity index (χ0) is 32.4. The zero-order valence-corrected chi connectivity index (χ0v) is 27.9. The maximum atomic E-state index is 14.2. The molecule has 6 rings (SSSR count). The van der Waals surface area contributed by atoms with E-state index in [1.807, 2.05) is 71.6 Å². The van der Waals surface area contributed by atoms with E-state index in [4.69, 9.17) is 30.9 Å². The summed E-state index contributed by atoms with van der Waals surface area (Å²) in [5, 5.41) is 5.38. The molecule has 4 aromatic rings. The second kappa shape index (κ2) is 13.7. The van der Waals surface area contributed by atoms with Crippen LogP contribution in [-0.2, 0) is 9.59 Å². The van der Waals surface area contributed by atoms with Crippen molar-refractivity contribution in [3.63, 3.8) is 0 Å². The van der Waals surface area contributed by atoms with Crippen LogP contribution in [0.5, 0.6) is 17.2 Å². The topological polar surface area (TPSA) is 86.1 Å². The number of benzene rings is 3. The molecule has 3 aromatic carbocycles. The fourth-order valence-electron chi connectivity index (χ4n) is 6.03. The van der Waals surface area contributed by atoms with Crippen LogP contribution in [-0.4, -0.2) is 73.2 Å². The van der Waals surface area contributed by atoms with Gasteiger partial charge in [0.1, 0.15) is 29.6 Å². The van der Waals surface area contributed by atoms with Gasteiger partial charge >= 0.3 is 0 Å². The number of nitrogens with zero attached hydrogens (tertiary/aromatic N) is 4. The zero-order valence-electron chi connectivity index (χ0n) is 26.4. The van der Waals surface area contributed by atoms with Crippen molar-refractivity contribution in [1.29, 1.82) is 0 Å². The first-order chi connectivity index (χ1) is 22.3. The van der Waals surface area contributed by atoms with Gasteiger partial charge in [0.15, 0.2) is 0 Å². The number of fused-ring (bicyclic) bond motifs is 1. The minimum Gasteiger partial charge on any atom is -0.497 e. The Morgan fingerprint density at radius 1 is 0.935 bits per heavy atom. The van der Waals surface area contributed by atoms with E-state index in [0.29, 0.717) is 52.8 Å². The van der Waals surface area contributed by atoms with Crippen LogP contribution in [0, 0.1) is 5.92 Å². The Hall–Kier alpha value is -4.15. The molecular weight excluding hydrogens is 624 g/mol. The third-order valence-corrected chi connectivity index (χ3v) is 10.2. The maximum Gasteiger partial charge on any atom is 0.242 e. The number of piperidine rings is 1. The van der Waals surface area contributed by atoms with Gasteiger partial charge in [0.2, 0.25) is 11.8 Å². The van der Waals surface area contributed by atoms with E-state index in [2.05, 4.69) is 6.92 Å². The number of rotatable bonds is 8. The number of methoxy groups -OCH3 is 3.